The lowest BCUT2D eigenvalue weighted by atomic mass is 10.2. The molecular weight excluding hydrogens is 194 g/mol. The largest absolute Gasteiger partial charge is 0.368 e. The number of carbonyl (C=O) groups is 1. The van der Waals surface area contributed by atoms with Gasteiger partial charge in [0.15, 0.2) is 0 Å². The van der Waals surface area contributed by atoms with Gasteiger partial charge >= 0.3 is 0 Å². The highest BCUT2D eigenvalue weighted by molar-refractivity contribution is 5.94. The quantitative estimate of drug-likeness (QED) is 0.783. The van der Waals surface area contributed by atoms with E-state index in [-0.39, 0.29) is 12.0 Å². The predicted octanol–water partition coefficient (Wildman–Crippen LogP) is 1.09. The Bertz CT molecular complexity index is 342. The summed E-state index contributed by atoms with van der Waals surface area (Å²) in [6, 6.07) is 0. The van der Waals surface area contributed by atoms with Gasteiger partial charge in [-0.1, -0.05) is 6.92 Å². The van der Waals surface area contributed by atoms with Crippen LogP contribution in [-0.4, -0.2) is 28.8 Å². The van der Waals surface area contributed by atoms with Gasteiger partial charge in [0.05, 0.1) is 6.20 Å². The molecule has 1 saturated heterocycles. The van der Waals surface area contributed by atoms with Crippen molar-refractivity contribution in [2.75, 3.05) is 11.9 Å². The molecule has 1 aromatic rings. The standard InChI is InChI=1S/C10H15N3O2/c1-2-7-6-11-13-9(7)12-10(14)8-4-3-5-15-8/h6,8H,2-5H2,1H3,(H2,11,12,13,14)/t8-/m0/s1. The van der Waals surface area contributed by atoms with Gasteiger partial charge in [-0.25, -0.2) is 0 Å². The molecule has 5 nitrogen and oxygen atoms in total. The van der Waals surface area contributed by atoms with E-state index in [1.807, 2.05) is 6.92 Å². The molecule has 1 atom stereocenters. The van der Waals surface area contributed by atoms with E-state index in [2.05, 4.69) is 15.5 Å². The number of hydrogen-bond donors (Lipinski definition) is 2. The molecule has 1 fully saturated rings. The van der Waals surface area contributed by atoms with Crippen LogP contribution in [0.2, 0.25) is 0 Å². The number of ether oxygens (including phenoxy) is 1. The molecule has 2 heterocycles. The van der Waals surface area contributed by atoms with E-state index in [0.717, 1.165) is 24.8 Å². The molecular formula is C10H15N3O2. The topological polar surface area (TPSA) is 67.0 Å². The third-order valence-electron chi connectivity index (χ3n) is 2.57. The minimum Gasteiger partial charge on any atom is -0.368 e. The SMILES string of the molecule is CCc1cn[nH]c1NC(=O)[C@@H]1CCCO1. The number of aromatic nitrogens is 2. The Labute approximate surface area is 88.2 Å². The Morgan fingerprint density at radius 3 is 3.33 bits per heavy atom. The van der Waals surface area contributed by atoms with Crippen molar-refractivity contribution in [1.29, 1.82) is 0 Å². The van der Waals surface area contributed by atoms with Crippen molar-refractivity contribution in [2.45, 2.75) is 32.3 Å². The molecule has 2 rings (SSSR count). The molecule has 5 heteroatoms. The van der Waals surface area contributed by atoms with E-state index < -0.39 is 0 Å². The van der Waals surface area contributed by atoms with Gasteiger partial charge in [-0.3, -0.25) is 9.89 Å². The molecule has 0 aliphatic carbocycles. The summed E-state index contributed by atoms with van der Waals surface area (Å²) in [5.74, 6) is 0.615. The number of H-pyrrole nitrogens is 1. The van der Waals surface area contributed by atoms with E-state index in [0.29, 0.717) is 12.4 Å². The maximum absolute atomic E-state index is 11.7. The van der Waals surface area contributed by atoms with Gasteiger partial charge in [-0.2, -0.15) is 5.10 Å². The van der Waals surface area contributed by atoms with Crippen LogP contribution in [0.4, 0.5) is 5.82 Å². The molecule has 1 aliphatic rings. The van der Waals surface area contributed by atoms with E-state index in [4.69, 9.17) is 4.74 Å². The number of hydrogen-bond acceptors (Lipinski definition) is 3. The average molecular weight is 209 g/mol. The van der Waals surface area contributed by atoms with Gasteiger partial charge in [-0.05, 0) is 19.3 Å². The highest BCUT2D eigenvalue weighted by Crippen LogP contribution is 2.16. The minimum absolute atomic E-state index is 0.0774. The van der Waals surface area contributed by atoms with Gasteiger partial charge < -0.3 is 10.1 Å². The van der Waals surface area contributed by atoms with Crippen LogP contribution in [0.15, 0.2) is 6.20 Å². The molecule has 0 aromatic carbocycles. The molecule has 15 heavy (non-hydrogen) atoms. The first-order chi connectivity index (χ1) is 7.31. The smallest absolute Gasteiger partial charge is 0.254 e. The van der Waals surface area contributed by atoms with Crippen molar-refractivity contribution < 1.29 is 9.53 Å². The van der Waals surface area contributed by atoms with Gasteiger partial charge in [0, 0.05) is 12.2 Å². The summed E-state index contributed by atoms with van der Waals surface area (Å²) >= 11 is 0. The van der Waals surface area contributed by atoms with Crippen LogP contribution in [0, 0.1) is 0 Å². The maximum atomic E-state index is 11.7. The number of aryl methyl sites for hydroxylation is 1. The van der Waals surface area contributed by atoms with Gasteiger partial charge in [0.25, 0.3) is 5.91 Å². The third kappa shape index (κ3) is 2.18. The summed E-state index contributed by atoms with van der Waals surface area (Å²) in [5, 5.41) is 9.47. The van der Waals surface area contributed by atoms with Crippen molar-refractivity contribution in [2.24, 2.45) is 0 Å². The fraction of sp³-hybridized carbons (Fsp3) is 0.600. The summed E-state index contributed by atoms with van der Waals surface area (Å²) in [6.45, 7) is 2.70. The van der Waals surface area contributed by atoms with Crippen LogP contribution in [0.5, 0.6) is 0 Å². The summed E-state index contributed by atoms with van der Waals surface area (Å²) in [7, 11) is 0. The first-order valence-corrected chi connectivity index (χ1v) is 5.26. The lowest BCUT2D eigenvalue weighted by Crippen LogP contribution is -2.27. The van der Waals surface area contributed by atoms with Crippen molar-refractivity contribution in [1.82, 2.24) is 10.2 Å². The lowest BCUT2D eigenvalue weighted by Gasteiger charge is -2.09. The van der Waals surface area contributed by atoms with E-state index in [1.165, 1.54) is 0 Å². The Morgan fingerprint density at radius 1 is 1.80 bits per heavy atom. The number of nitrogens with zero attached hydrogens (tertiary/aromatic N) is 1. The van der Waals surface area contributed by atoms with Crippen LogP contribution in [0.25, 0.3) is 0 Å². The number of amides is 1. The van der Waals surface area contributed by atoms with Crippen LogP contribution in [0.3, 0.4) is 0 Å². The fourth-order valence-electron chi connectivity index (χ4n) is 1.68. The molecule has 82 valence electrons. The second-order valence-electron chi connectivity index (χ2n) is 3.61. The third-order valence-corrected chi connectivity index (χ3v) is 2.57. The number of nitrogens with one attached hydrogen (secondary N) is 2. The summed E-state index contributed by atoms with van der Waals surface area (Å²) < 4.78 is 5.29. The Balaban J connectivity index is 1.98. The highest BCUT2D eigenvalue weighted by Gasteiger charge is 2.24. The fourth-order valence-corrected chi connectivity index (χ4v) is 1.68. The minimum atomic E-state index is -0.294. The Morgan fingerprint density at radius 2 is 2.67 bits per heavy atom. The predicted molar refractivity (Wildman–Crippen MR) is 55.6 cm³/mol. The normalized spacial score (nSPS) is 20.5. The molecule has 0 radical (unpaired) electrons. The van der Waals surface area contributed by atoms with Crippen LogP contribution in [0.1, 0.15) is 25.3 Å². The Kier molecular flexibility index (Phi) is 3.01. The molecule has 1 aromatic heterocycles. The number of anilines is 1. The zero-order valence-electron chi connectivity index (χ0n) is 8.75. The zero-order chi connectivity index (χ0) is 10.7. The number of aromatic amines is 1. The van der Waals surface area contributed by atoms with Crippen molar-refractivity contribution >= 4 is 11.7 Å². The second kappa shape index (κ2) is 4.44. The van der Waals surface area contributed by atoms with E-state index in [1.54, 1.807) is 6.20 Å². The summed E-state index contributed by atoms with van der Waals surface area (Å²) in [5.41, 5.74) is 1.02. The van der Waals surface area contributed by atoms with Crippen molar-refractivity contribution in [3.05, 3.63) is 11.8 Å². The average Bonchev–Trinajstić information content (AvgIpc) is 2.87. The molecule has 0 bridgehead atoms. The first kappa shape index (κ1) is 10.2. The monoisotopic (exact) mass is 209 g/mol. The summed E-state index contributed by atoms with van der Waals surface area (Å²) in [6.07, 6.45) is 4.05. The lowest BCUT2D eigenvalue weighted by molar-refractivity contribution is -0.124. The van der Waals surface area contributed by atoms with Crippen LogP contribution >= 0.6 is 0 Å². The van der Waals surface area contributed by atoms with Crippen LogP contribution < -0.4 is 5.32 Å². The molecule has 0 unspecified atom stereocenters. The first-order valence-electron chi connectivity index (χ1n) is 5.26. The Hall–Kier alpha value is -1.36. The molecule has 2 N–H and O–H groups in total. The number of carbonyl (C=O) groups excluding carboxylic acids is 1. The highest BCUT2D eigenvalue weighted by atomic mass is 16.5. The molecule has 1 amide bonds. The van der Waals surface area contributed by atoms with Gasteiger partial charge in [0.1, 0.15) is 11.9 Å². The number of rotatable bonds is 3. The van der Waals surface area contributed by atoms with Crippen molar-refractivity contribution in [3.63, 3.8) is 0 Å². The van der Waals surface area contributed by atoms with E-state index in [9.17, 15) is 4.79 Å². The van der Waals surface area contributed by atoms with Gasteiger partial charge in [-0.15, -0.1) is 0 Å². The maximum Gasteiger partial charge on any atom is 0.254 e. The molecule has 1 aliphatic heterocycles. The van der Waals surface area contributed by atoms with Crippen molar-refractivity contribution in [3.8, 4) is 0 Å². The second-order valence-corrected chi connectivity index (χ2v) is 3.61. The molecule has 0 spiro atoms. The van der Waals surface area contributed by atoms with Crippen LogP contribution in [-0.2, 0) is 16.0 Å². The molecule has 0 saturated carbocycles. The summed E-state index contributed by atoms with van der Waals surface area (Å²) in [4.78, 5) is 11.7. The zero-order valence-corrected chi connectivity index (χ0v) is 8.75. The van der Waals surface area contributed by atoms with E-state index >= 15 is 0 Å². The van der Waals surface area contributed by atoms with Gasteiger partial charge in [0.2, 0.25) is 0 Å².